The van der Waals surface area contributed by atoms with Gasteiger partial charge in [-0.25, -0.2) is 12.7 Å². The third-order valence-electron chi connectivity index (χ3n) is 2.06. The summed E-state index contributed by atoms with van der Waals surface area (Å²) < 4.78 is 29.4. The van der Waals surface area contributed by atoms with Crippen molar-refractivity contribution >= 4 is 21.6 Å². The Balaban J connectivity index is 4.29. The highest BCUT2D eigenvalue weighted by atomic mass is 35.5. The van der Waals surface area contributed by atoms with Crippen LogP contribution in [0.4, 0.5) is 0 Å². The van der Waals surface area contributed by atoms with Gasteiger partial charge in [-0.3, -0.25) is 0 Å². The van der Waals surface area contributed by atoms with Crippen LogP contribution in [-0.4, -0.2) is 62.9 Å². The molecule has 0 fully saturated rings. The normalized spacial score (nSPS) is 16.4. The summed E-state index contributed by atoms with van der Waals surface area (Å²) >= 11 is 5.57. The number of hydrogen-bond acceptors (Lipinski definition) is 4. The van der Waals surface area contributed by atoms with Gasteiger partial charge in [-0.1, -0.05) is 6.92 Å². The van der Waals surface area contributed by atoms with Crippen LogP contribution in [0.3, 0.4) is 0 Å². The van der Waals surface area contributed by atoms with E-state index in [1.807, 2.05) is 0 Å². The summed E-state index contributed by atoms with van der Waals surface area (Å²) in [6.45, 7) is 1.92. The minimum absolute atomic E-state index is 0.00724. The monoisotopic (exact) mass is 273 g/mol. The van der Waals surface area contributed by atoms with E-state index in [0.29, 0.717) is 5.88 Å². The van der Waals surface area contributed by atoms with Crippen molar-refractivity contribution in [3.63, 3.8) is 0 Å². The van der Waals surface area contributed by atoms with Crippen molar-refractivity contribution in [3.8, 4) is 0 Å². The Morgan fingerprint density at radius 3 is 2.50 bits per heavy atom. The molecule has 0 spiro atoms. The highest BCUT2D eigenvalue weighted by molar-refractivity contribution is 7.89. The van der Waals surface area contributed by atoms with Gasteiger partial charge in [0.2, 0.25) is 10.0 Å². The number of likely N-dealkylation sites (N-methyl/N-ethyl adjacent to an activating group) is 1. The molecule has 0 aliphatic rings. The van der Waals surface area contributed by atoms with Crippen molar-refractivity contribution in [1.29, 1.82) is 0 Å². The van der Waals surface area contributed by atoms with Crippen LogP contribution in [0, 0.1) is 5.92 Å². The number of hydrogen-bond donors (Lipinski definition) is 1. The van der Waals surface area contributed by atoms with E-state index in [0.717, 1.165) is 4.31 Å². The van der Waals surface area contributed by atoms with Crippen LogP contribution >= 0.6 is 11.6 Å². The number of aliphatic hydroxyl groups is 1. The molecule has 5 nitrogen and oxygen atoms in total. The number of halogens is 1. The molecule has 7 heteroatoms. The Morgan fingerprint density at radius 1 is 1.50 bits per heavy atom. The van der Waals surface area contributed by atoms with Crippen molar-refractivity contribution in [1.82, 2.24) is 4.31 Å². The van der Waals surface area contributed by atoms with Crippen LogP contribution in [0.2, 0.25) is 0 Å². The smallest absolute Gasteiger partial charge is 0.214 e. The third kappa shape index (κ3) is 6.00. The third-order valence-corrected chi connectivity index (χ3v) is 4.68. The van der Waals surface area contributed by atoms with Crippen LogP contribution in [-0.2, 0) is 14.8 Å². The summed E-state index contributed by atoms with van der Waals surface area (Å²) in [6, 6.07) is 0. The summed E-state index contributed by atoms with van der Waals surface area (Å²) in [4.78, 5) is 0. The van der Waals surface area contributed by atoms with Crippen molar-refractivity contribution in [2.45, 2.75) is 13.0 Å². The number of nitrogens with zero attached hydrogens (tertiary/aromatic N) is 1. The van der Waals surface area contributed by atoms with Gasteiger partial charge >= 0.3 is 0 Å². The lowest BCUT2D eigenvalue weighted by Crippen LogP contribution is -2.38. The first kappa shape index (κ1) is 16.1. The summed E-state index contributed by atoms with van der Waals surface area (Å²) in [5, 5.41) is 9.42. The second-order valence-electron chi connectivity index (χ2n) is 3.93. The average molecular weight is 274 g/mol. The van der Waals surface area contributed by atoms with Crippen LogP contribution in [0.25, 0.3) is 0 Å². The molecule has 2 atom stereocenters. The average Bonchev–Trinajstić information content (AvgIpc) is 2.17. The predicted octanol–water partition coefficient (Wildman–Crippen LogP) is 0.130. The van der Waals surface area contributed by atoms with E-state index in [-0.39, 0.29) is 24.8 Å². The van der Waals surface area contributed by atoms with E-state index in [9.17, 15) is 13.5 Å². The van der Waals surface area contributed by atoms with Crippen LogP contribution < -0.4 is 0 Å². The molecule has 0 aromatic heterocycles. The number of methoxy groups -OCH3 is 1. The van der Waals surface area contributed by atoms with E-state index in [1.165, 1.54) is 14.2 Å². The minimum atomic E-state index is -3.35. The van der Waals surface area contributed by atoms with Crippen molar-refractivity contribution in [3.05, 3.63) is 0 Å². The fraction of sp³-hybridized carbons (Fsp3) is 1.00. The van der Waals surface area contributed by atoms with Gasteiger partial charge in [0.15, 0.2) is 0 Å². The fourth-order valence-electron chi connectivity index (χ4n) is 1.19. The predicted molar refractivity (Wildman–Crippen MR) is 64.2 cm³/mol. The zero-order chi connectivity index (χ0) is 12.8. The summed E-state index contributed by atoms with van der Waals surface area (Å²) in [5.41, 5.74) is 0. The maximum atomic E-state index is 11.8. The Hall–Kier alpha value is 0.120. The van der Waals surface area contributed by atoms with Gasteiger partial charge in [0.05, 0.1) is 18.5 Å². The highest BCUT2D eigenvalue weighted by Crippen LogP contribution is 2.08. The van der Waals surface area contributed by atoms with Gasteiger partial charge < -0.3 is 9.84 Å². The summed E-state index contributed by atoms with van der Waals surface area (Å²) in [7, 11) is -0.460. The molecule has 0 rings (SSSR count). The van der Waals surface area contributed by atoms with Gasteiger partial charge in [-0.2, -0.15) is 0 Å². The number of sulfonamides is 1. The molecule has 0 heterocycles. The van der Waals surface area contributed by atoms with E-state index >= 15 is 0 Å². The molecule has 16 heavy (non-hydrogen) atoms. The van der Waals surface area contributed by atoms with E-state index in [2.05, 4.69) is 0 Å². The molecule has 0 aromatic rings. The quantitative estimate of drug-likeness (QED) is 0.639. The number of aliphatic hydroxyl groups excluding tert-OH is 1. The zero-order valence-electron chi connectivity index (χ0n) is 9.89. The zero-order valence-corrected chi connectivity index (χ0v) is 11.5. The van der Waals surface area contributed by atoms with Crippen LogP contribution in [0.5, 0.6) is 0 Å². The van der Waals surface area contributed by atoms with Gasteiger partial charge in [0.1, 0.15) is 0 Å². The molecule has 0 bridgehead atoms. The lowest BCUT2D eigenvalue weighted by Gasteiger charge is -2.21. The fourth-order valence-corrected chi connectivity index (χ4v) is 2.92. The van der Waals surface area contributed by atoms with E-state index < -0.39 is 16.1 Å². The largest absolute Gasteiger partial charge is 0.389 e. The van der Waals surface area contributed by atoms with Gasteiger partial charge in [0, 0.05) is 26.6 Å². The van der Waals surface area contributed by atoms with Crippen LogP contribution in [0.15, 0.2) is 0 Å². The van der Waals surface area contributed by atoms with E-state index in [1.54, 1.807) is 6.92 Å². The molecule has 0 aromatic carbocycles. The van der Waals surface area contributed by atoms with Gasteiger partial charge in [-0.05, 0) is 5.92 Å². The lowest BCUT2D eigenvalue weighted by atomic mass is 10.3. The Morgan fingerprint density at radius 2 is 2.06 bits per heavy atom. The SMILES string of the molecule is COCC(O)CN(C)S(=O)(=O)CC(C)CCl. The molecule has 0 amide bonds. The van der Waals surface area contributed by atoms with Crippen molar-refractivity contribution in [2.24, 2.45) is 5.92 Å². The molecule has 0 aliphatic heterocycles. The number of alkyl halides is 1. The molecule has 1 N–H and O–H groups in total. The summed E-state index contributed by atoms with van der Waals surface area (Å²) in [6.07, 6.45) is -0.809. The number of rotatable bonds is 8. The molecular formula is C9H20ClNO4S. The number of ether oxygens (including phenoxy) is 1. The lowest BCUT2D eigenvalue weighted by molar-refractivity contribution is 0.0554. The van der Waals surface area contributed by atoms with Gasteiger partial charge in [0.25, 0.3) is 0 Å². The first-order valence-electron chi connectivity index (χ1n) is 5.00. The Labute approximate surface area is 102 Å². The molecule has 98 valence electrons. The first-order chi connectivity index (χ1) is 7.33. The molecule has 0 saturated heterocycles. The molecule has 0 radical (unpaired) electrons. The Kier molecular flexibility index (Phi) is 7.50. The van der Waals surface area contributed by atoms with Crippen LogP contribution in [0.1, 0.15) is 6.92 Å². The molecule has 0 aliphatic carbocycles. The summed E-state index contributed by atoms with van der Waals surface area (Å²) in [5.74, 6) is 0.189. The Bertz CT molecular complexity index is 283. The standard InChI is InChI=1S/C9H20ClNO4S/c1-8(4-10)7-16(13,14)11(2)5-9(12)6-15-3/h8-9,12H,4-7H2,1-3H3. The first-order valence-corrected chi connectivity index (χ1v) is 7.14. The molecular weight excluding hydrogens is 254 g/mol. The topological polar surface area (TPSA) is 66.8 Å². The second-order valence-corrected chi connectivity index (χ2v) is 6.36. The maximum Gasteiger partial charge on any atom is 0.214 e. The molecule has 2 unspecified atom stereocenters. The van der Waals surface area contributed by atoms with Crippen molar-refractivity contribution < 1.29 is 18.3 Å². The minimum Gasteiger partial charge on any atom is -0.389 e. The second kappa shape index (κ2) is 7.45. The maximum absolute atomic E-state index is 11.8. The van der Waals surface area contributed by atoms with Gasteiger partial charge in [-0.15, -0.1) is 11.6 Å². The molecule has 0 saturated carbocycles. The van der Waals surface area contributed by atoms with Crippen molar-refractivity contribution in [2.75, 3.05) is 38.9 Å². The highest BCUT2D eigenvalue weighted by Gasteiger charge is 2.22. The van der Waals surface area contributed by atoms with E-state index in [4.69, 9.17) is 16.3 Å².